The zero-order valence-corrected chi connectivity index (χ0v) is 20.7. The maximum Gasteiger partial charge on any atom is 0.165 e. The van der Waals surface area contributed by atoms with Crippen LogP contribution in [0, 0.1) is 17.6 Å². The number of fused-ring (bicyclic) bond motifs is 3. The summed E-state index contributed by atoms with van der Waals surface area (Å²) in [5.74, 6) is -1.41. The van der Waals surface area contributed by atoms with Gasteiger partial charge in [-0.25, -0.2) is 17.2 Å². The van der Waals surface area contributed by atoms with Crippen molar-refractivity contribution in [2.45, 2.75) is 37.2 Å². The van der Waals surface area contributed by atoms with Gasteiger partial charge in [0.05, 0.1) is 24.2 Å². The van der Waals surface area contributed by atoms with E-state index >= 15 is 4.39 Å². The fourth-order valence-electron chi connectivity index (χ4n) is 5.36. The lowest BCUT2D eigenvalue weighted by Crippen LogP contribution is -2.55. The summed E-state index contributed by atoms with van der Waals surface area (Å²) in [6.07, 6.45) is 1.29. The number of nitrogens with one attached hydrogen (secondary N) is 1. The highest BCUT2D eigenvalue weighted by atomic mass is 35.5. The highest BCUT2D eigenvalue weighted by Crippen LogP contribution is 2.52. The summed E-state index contributed by atoms with van der Waals surface area (Å²) in [6.45, 7) is 1.08. The van der Waals surface area contributed by atoms with Crippen molar-refractivity contribution in [3.8, 4) is 5.75 Å². The molecule has 34 heavy (non-hydrogen) atoms. The van der Waals surface area contributed by atoms with Crippen LogP contribution in [0.5, 0.6) is 5.75 Å². The van der Waals surface area contributed by atoms with E-state index in [0.29, 0.717) is 37.4 Å². The SMILES string of the molecule is CNCCCS(=O)(=O)CC[C@@H]1OCC[C@@]2(Cc3ccc(Cl)cc3)c3c(F)ccc(F)c3OC[C@@H]12. The number of ether oxygens (including phenoxy) is 2. The van der Waals surface area contributed by atoms with Crippen molar-refractivity contribution in [2.24, 2.45) is 5.92 Å². The molecule has 0 aromatic heterocycles. The van der Waals surface area contributed by atoms with Crippen LogP contribution >= 0.6 is 11.6 Å². The second-order valence-electron chi connectivity index (χ2n) is 9.17. The fraction of sp³-hybridized carbons (Fsp3) is 0.520. The molecule has 1 saturated heterocycles. The molecule has 0 unspecified atom stereocenters. The van der Waals surface area contributed by atoms with Crippen LogP contribution in [-0.4, -0.2) is 52.8 Å². The number of sulfone groups is 1. The summed E-state index contributed by atoms with van der Waals surface area (Å²) in [7, 11) is -1.48. The van der Waals surface area contributed by atoms with Gasteiger partial charge in [0.15, 0.2) is 11.6 Å². The predicted octanol–water partition coefficient (Wildman–Crippen LogP) is 4.31. The average Bonchev–Trinajstić information content (AvgIpc) is 2.81. The van der Waals surface area contributed by atoms with Crippen molar-refractivity contribution in [3.05, 3.63) is 64.2 Å². The second kappa shape index (κ2) is 10.5. The number of halogens is 3. The van der Waals surface area contributed by atoms with Crippen molar-refractivity contribution >= 4 is 21.4 Å². The predicted molar refractivity (Wildman–Crippen MR) is 128 cm³/mol. The highest BCUT2D eigenvalue weighted by molar-refractivity contribution is 7.91. The lowest BCUT2D eigenvalue weighted by atomic mass is 9.60. The van der Waals surface area contributed by atoms with Gasteiger partial charge in [-0.2, -0.15) is 0 Å². The summed E-state index contributed by atoms with van der Waals surface area (Å²) in [5.41, 5.74) is 0.377. The standard InChI is InChI=1S/C25H30ClF2NO4S/c1-29-11-2-13-34(30,31)14-9-22-19-16-33-24-21(28)8-7-20(27)23(24)25(19,10-12-32-22)15-17-3-5-18(26)6-4-17/h3-8,19,22,29H,2,9-16H2,1H3/t19-,22-,25-/m0/s1. The Morgan fingerprint density at radius 1 is 1.12 bits per heavy atom. The van der Waals surface area contributed by atoms with Crippen LogP contribution in [0.25, 0.3) is 0 Å². The molecular formula is C25H30ClF2NO4S. The van der Waals surface area contributed by atoms with Gasteiger partial charge in [0.1, 0.15) is 15.7 Å². The van der Waals surface area contributed by atoms with Crippen LogP contribution < -0.4 is 10.1 Å². The quantitative estimate of drug-likeness (QED) is 0.506. The van der Waals surface area contributed by atoms with Crippen molar-refractivity contribution in [1.29, 1.82) is 0 Å². The Labute approximate surface area is 204 Å². The topological polar surface area (TPSA) is 64.6 Å². The molecule has 0 saturated carbocycles. The molecule has 4 rings (SSSR count). The first kappa shape index (κ1) is 25.4. The Morgan fingerprint density at radius 2 is 1.85 bits per heavy atom. The second-order valence-corrected chi connectivity index (χ2v) is 11.9. The summed E-state index contributed by atoms with van der Waals surface area (Å²) in [4.78, 5) is 0. The molecule has 9 heteroatoms. The Morgan fingerprint density at radius 3 is 2.59 bits per heavy atom. The van der Waals surface area contributed by atoms with E-state index in [0.717, 1.165) is 17.7 Å². The Balaban J connectivity index is 1.67. The van der Waals surface area contributed by atoms with Gasteiger partial charge in [-0.3, -0.25) is 0 Å². The summed E-state index contributed by atoms with van der Waals surface area (Å²) < 4.78 is 66.9. The van der Waals surface area contributed by atoms with E-state index in [1.807, 2.05) is 12.1 Å². The van der Waals surface area contributed by atoms with Crippen LogP contribution in [-0.2, 0) is 26.4 Å². The first-order valence-corrected chi connectivity index (χ1v) is 13.8. The van der Waals surface area contributed by atoms with E-state index in [9.17, 15) is 12.8 Å². The van der Waals surface area contributed by atoms with Gasteiger partial charge in [0.2, 0.25) is 0 Å². The van der Waals surface area contributed by atoms with E-state index in [4.69, 9.17) is 21.1 Å². The van der Waals surface area contributed by atoms with Crippen molar-refractivity contribution < 1.29 is 26.7 Å². The molecule has 0 radical (unpaired) electrons. The van der Waals surface area contributed by atoms with Crippen molar-refractivity contribution in [3.63, 3.8) is 0 Å². The van der Waals surface area contributed by atoms with Gasteiger partial charge in [-0.05, 0) is 69.1 Å². The van der Waals surface area contributed by atoms with Crippen LogP contribution in [0.1, 0.15) is 30.4 Å². The number of rotatable bonds is 9. The molecular weight excluding hydrogens is 484 g/mol. The van der Waals surface area contributed by atoms with Crippen LogP contribution in [0.2, 0.25) is 5.02 Å². The van der Waals surface area contributed by atoms with Gasteiger partial charge in [0.25, 0.3) is 0 Å². The number of hydrogen-bond acceptors (Lipinski definition) is 5. The molecule has 5 nitrogen and oxygen atoms in total. The fourth-order valence-corrected chi connectivity index (χ4v) is 6.87. The van der Waals surface area contributed by atoms with E-state index in [2.05, 4.69) is 5.32 Å². The molecule has 3 atom stereocenters. The maximum atomic E-state index is 15.3. The molecule has 186 valence electrons. The number of hydrogen-bond donors (Lipinski definition) is 1. The van der Waals surface area contributed by atoms with Crippen molar-refractivity contribution in [1.82, 2.24) is 5.32 Å². The van der Waals surface area contributed by atoms with Crippen LogP contribution in [0.15, 0.2) is 36.4 Å². The van der Waals surface area contributed by atoms with Crippen molar-refractivity contribution in [2.75, 3.05) is 38.3 Å². The average molecular weight is 514 g/mol. The minimum Gasteiger partial charge on any atom is -0.490 e. The zero-order chi connectivity index (χ0) is 24.3. The van der Waals surface area contributed by atoms with Gasteiger partial charge >= 0.3 is 0 Å². The third kappa shape index (κ3) is 5.25. The Kier molecular flexibility index (Phi) is 7.82. The minimum absolute atomic E-state index is 0.0204. The smallest absolute Gasteiger partial charge is 0.165 e. The highest BCUT2D eigenvalue weighted by Gasteiger charge is 2.53. The van der Waals surface area contributed by atoms with E-state index < -0.39 is 33.0 Å². The molecule has 0 bridgehead atoms. The van der Waals surface area contributed by atoms with Gasteiger partial charge in [0, 0.05) is 28.5 Å². The first-order valence-electron chi connectivity index (χ1n) is 11.6. The molecule has 0 amide bonds. The van der Waals surface area contributed by atoms with E-state index in [1.165, 1.54) is 0 Å². The first-order chi connectivity index (χ1) is 16.3. The Hall–Kier alpha value is -1.74. The molecule has 1 fully saturated rings. The van der Waals surface area contributed by atoms with Gasteiger partial charge < -0.3 is 14.8 Å². The largest absolute Gasteiger partial charge is 0.490 e. The summed E-state index contributed by atoms with van der Waals surface area (Å²) in [6, 6.07) is 9.55. The lowest BCUT2D eigenvalue weighted by Gasteiger charge is -2.51. The minimum atomic E-state index is -3.26. The maximum absolute atomic E-state index is 15.3. The van der Waals surface area contributed by atoms with Gasteiger partial charge in [-0.1, -0.05) is 23.7 Å². The molecule has 0 aliphatic carbocycles. The van der Waals surface area contributed by atoms with E-state index in [1.54, 1.807) is 19.2 Å². The molecule has 2 aliphatic heterocycles. The Bertz CT molecular complexity index is 1110. The molecule has 2 heterocycles. The summed E-state index contributed by atoms with van der Waals surface area (Å²) >= 11 is 6.06. The van der Waals surface area contributed by atoms with Crippen LogP contribution in [0.4, 0.5) is 8.78 Å². The van der Waals surface area contributed by atoms with E-state index in [-0.39, 0.29) is 41.8 Å². The lowest BCUT2D eigenvalue weighted by molar-refractivity contribution is -0.0963. The molecule has 2 aromatic rings. The third-order valence-electron chi connectivity index (χ3n) is 7.03. The third-order valence-corrected chi connectivity index (χ3v) is 9.05. The molecule has 2 aliphatic rings. The zero-order valence-electron chi connectivity index (χ0n) is 19.2. The normalized spacial score (nSPS) is 24.2. The molecule has 2 aromatic carbocycles. The van der Waals surface area contributed by atoms with Gasteiger partial charge in [-0.15, -0.1) is 0 Å². The molecule has 1 N–H and O–H groups in total. The van der Waals surface area contributed by atoms with Crippen LogP contribution in [0.3, 0.4) is 0 Å². The number of benzene rings is 2. The molecule has 0 spiro atoms. The summed E-state index contributed by atoms with van der Waals surface area (Å²) in [5, 5.41) is 3.55. The monoisotopic (exact) mass is 513 g/mol.